The molecule has 0 radical (unpaired) electrons. The van der Waals surface area contributed by atoms with Gasteiger partial charge in [0.05, 0.1) is 6.16 Å². The van der Waals surface area contributed by atoms with Crippen molar-refractivity contribution < 1.29 is 19.4 Å². The first-order chi connectivity index (χ1) is 11.5. The zero-order valence-corrected chi connectivity index (χ0v) is 13.6. The van der Waals surface area contributed by atoms with Crippen molar-refractivity contribution in [3.8, 4) is 0 Å². The van der Waals surface area contributed by atoms with Gasteiger partial charge in [0, 0.05) is 17.1 Å². The average molecular weight is 344 g/mol. The summed E-state index contributed by atoms with van der Waals surface area (Å²) in [6, 6.07) is 14.4. The van der Waals surface area contributed by atoms with E-state index < -0.39 is 19.5 Å². The van der Waals surface area contributed by atoms with Crippen molar-refractivity contribution >= 4 is 24.4 Å². The number of aliphatic carboxylic acids is 1. The van der Waals surface area contributed by atoms with Crippen LogP contribution in [0.1, 0.15) is 17.2 Å². The van der Waals surface area contributed by atoms with Crippen LogP contribution in [-0.2, 0) is 15.5 Å². The first-order valence-electron chi connectivity index (χ1n) is 7.39. The molecule has 4 N–H and O–H groups in total. The zero-order valence-electron chi connectivity index (χ0n) is 12.7. The second-order valence-electron chi connectivity index (χ2n) is 5.53. The van der Waals surface area contributed by atoms with E-state index >= 15 is 0 Å². The number of aromatic nitrogens is 1. The number of carboxylic acids is 1. The minimum absolute atomic E-state index is 0.154. The lowest BCUT2D eigenvalue weighted by Gasteiger charge is -2.20. The standard InChI is InChI=1S/C17H17N2O4P/c20-17(21)16(12-5-2-1-3-6-12)19-24(22,23)11-13-7-4-8-15-14(13)9-10-18-15/h1-10,16,18H,11H2,(H,20,21)(H2,19,22,23). The van der Waals surface area contributed by atoms with E-state index in [1.54, 1.807) is 48.7 Å². The maximum Gasteiger partial charge on any atom is 0.325 e. The Morgan fingerprint density at radius 3 is 2.58 bits per heavy atom. The fourth-order valence-electron chi connectivity index (χ4n) is 2.68. The van der Waals surface area contributed by atoms with Crippen molar-refractivity contribution in [1.82, 2.24) is 10.1 Å². The van der Waals surface area contributed by atoms with Crippen LogP contribution >= 0.6 is 7.52 Å². The van der Waals surface area contributed by atoms with Gasteiger partial charge >= 0.3 is 5.97 Å². The van der Waals surface area contributed by atoms with Crippen molar-refractivity contribution in [3.05, 3.63) is 71.9 Å². The van der Waals surface area contributed by atoms with Crippen molar-refractivity contribution in [2.45, 2.75) is 12.2 Å². The Balaban J connectivity index is 1.86. The van der Waals surface area contributed by atoms with E-state index in [0.29, 0.717) is 11.1 Å². The van der Waals surface area contributed by atoms with E-state index in [4.69, 9.17) is 0 Å². The van der Waals surface area contributed by atoms with Crippen molar-refractivity contribution in [2.75, 3.05) is 0 Å². The summed E-state index contributed by atoms with van der Waals surface area (Å²) in [7, 11) is -3.91. The largest absolute Gasteiger partial charge is 0.480 e. The highest BCUT2D eigenvalue weighted by Crippen LogP contribution is 2.44. The van der Waals surface area contributed by atoms with Crippen LogP contribution in [0.5, 0.6) is 0 Å². The topological polar surface area (TPSA) is 102 Å². The van der Waals surface area contributed by atoms with Gasteiger partial charge in [-0.2, -0.15) is 0 Å². The third kappa shape index (κ3) is 3.57. The number of rotatable bonds is 6. The van der Waals surface area contributed by atoms with E-state index in [0.717, 1.165) is 10.9 Å². The molecule has 0 bridgehead atoms. The number of aromatic amines is 1. The number of hydrogen-bond donors (Lipinski definition) is 4. The van der Waals surface area contributed by atoms with Gasteiger partial charge in [0.2, 0.25) is 0 Å². The van der Waals surface area contributed by atoms with Gasteiger partial charge in [0.15, 0.2) is 0 Å². The number of nitrogens with one attached hydrogen (secondary N) is 2. The number of benzene rings is 2. The molecule has 3 aromatic rings. The molecule has 0 aliphatic heterocycles. The Morgan fingerprint density at radius 2 is 1.88 bits per heavy atom. The molecule has 1 heterocycles. The zero-order chi connectivity index (χ0) is 17.2. The van der Waals surface area contributed by atoms with E-state index in [-0.39, 0.29) is 6.16 Å². The van der Waals surface area contributed by atoms with Gasteiger partial charge in [-0.15, -0.1) is 0 Å². The Labute approximate surface area is 138 Å². The maximum atomic E-state index is 12.6. The molecule has 0 fully saturated rings. The van der Waals surface area contributed by atoms with Crippen molar-refractivity contribution in [2.24, 2.45) is 0 Å². The molecule has 0 spiro atoms. The van der Waals surface area contributed by atoms with Gasteiger partial charge in [0.25, 0.3) is 7.52 Å². The number of carbonyl (C=O) groups is 1. The Hall–Kier alpha value is -2.40. The summed E-state index contributed by atoms with van der Waals surface area (Å²) in [5.74, 6) is -1.20. The minimum atomic E-state index is -3.91. The quantitative estimate of drug-likeness (QED) is 0.514. The molecular formula is C17H17N2O4P. The van der Waals surface area contributed by atoms with Crippen LogP contribution in [-0.4, -0.2) is 21.0 Å². The SMILES string of the molecule is O=C(O)C(NP(=O)(O)Cc1cccc2[nH]ccc12)c1ccccc1. The summed E-state index contributed by atoms with van der Waals surface area (Å²) in [6.07, 6.45) is 1.60. The summed E-state index contributed by atoms with van der Waals surface area (Å²) in [5, 5.41) is 12.7. The van der Waals surface area contributed by atoms with Crippen molar-refractivity contribution in [1.29, 1.82) is 0 Å². The van der Waals surface area contributed by atoms with Gasteiger partial charge in [-0.1, -0.05) is 42.5 Å². The second-order valence-corrected chi connectivity index (χ2v) is 7.50. The predicted molar refractivity (Wildman–Crippen MR) is 91.8 cm³/mol. The fourth-order valence-corrected chi connectivity index (χ4v) is 4.18. The Kier molecular flexibility index (Phi) is 4.53. The normalized spacial score (nSPS) is 15.0. The Bertz CT molecular complexity index is 907. The third-order valence-corrected chi connectivity index (χ3v) is 5.21. The van der Waals surface area contributed by atoms with Crippen LogP contribution in [0.2, 0.25) is 0 Å². The average Bonchev–Trinajstić information content (AvgIpc) is 3.03. The van der Waals surface area contributed by atoms with Crippen LogP contribution in [0.4, 0.5) is 0 Å². The third-order valence-electron chi connectivity index (χ3n) is 3.78. The molecule has 2 aromatic carbocycles. The van der Waals surface area contributed by atoms with Crippen LogP contribution < -0.4 is 5.09 Å². The molecule has 0 saturated carbocycles. The highest BCUT2D eigenvalue weighted by Gasteiger charge is 2.29. The molecule has 6 nitrogen and oxygen atoms in total. The second kappa shape index (κ2) is 6.61. The van der Waals surface area contributed by atoms with E-state index in [9.17, 15) is 19.4 Å². The number of carboxylic acid groups (broad SMARTS) is 1. The highest BCUT2D eigenvalue weighted by molar-refractivity contribution is 7.55. The van der Waals surface area contributed by atoms with Gasteiger partial charge in [-0.05, 0) is 23.3 Å². The van der Waals surface area contributed by atoms with Crippen LogP contribution in [0.3, 0.4) is 0 Å². The van der Waals surface area contributed by atoms with E-state index in [2.05, 4.69) is 10.1 Å². The van der Waals surface area contributed by atoms with Crippen molar-refractivity contribution in [3.63, 3.8) is 0 Å². The molecule has 2 atom stereocenters. The van der Waals surface area contributed by atoms with Crippen LogP contribution in [0.25, 0.3) is 10.9 Å². The van der Waals surface area contributed by atoms with Crippen LogP contribution in [0, 0.1) is 0 Å². The monoisotopic (exact) mass is 344 g/mol. The minimum Gasteiger partial charge on any atom is -0.480 e. The van der Waals surface area contributed by atoms with Crippen LogP contribution in [0.15, 0.2) is 60.8 Å². The molecule has 0 aliphatic rings. The first kappa shape index (κ1) is 16.5. The summed E-state index contributed by atoms with van der Waals surface area (Å²) in [5.41, 5.74) is 1.98. The first-order valence-corrected chi connectivity index (χ1v) is 9.23. The smallest absolute Gasteiger partial charge is 0.325 e. The molecule has 24 heavy (non-hydrogen) atoms. The lowest BCUT2D eigenvalue weighted by molar-refractivity contribution is -0.139. The highest BCUT2D eigenvalue weighted by atomic mass is 31.2. The summed E-state index contributed by atoms with van der Waals surface area (Å²) < 4.78 is 12.6. The van der Waals surface area contributed by atoms with Gasteiger partial charge < -0.3 is 15.0 Å². The van der Waals surface area contributed by atoms with Gasteiger partial charge in [-0.3, -0.25) is 9.36 Å². The van der Waals surface area contributed by atoms with E-state index in [1.807, 2.05) is 12.1 Å². The summed E-state index contributed by atoms with van der Waals surface area (Å²) in [6.45, 7) is 0. The molecule has 124 valence electrons. The predicted octanol–water partition coefficient (Wildman–Crippen LogP) is 3.27. The lowest BCUT2D eigenvalue weighted by atomic mass is 10.1. The molecule has 0 aliphatic carbocycles. The number of hydrogen-bond acceptors (Lipinski definition) is 2. The molecule has 1 aromatic heterocycles. The number of H-pyrrole nitrogens is 1. The fraction of sp³-hybridized carbons (Fsp3) is 0.118. The Morgan fingerprint density at radius 1 is 1.12 bits per heavy atom. The lowest BCUT2D eigenvalue weighted by Crippen LogP contribution is -2.26. The van der Waals surface area contributed by atoms with E-state index in [1.165, 1.54) is 0 Å². The van der Waals surface area contributed by atoms with Gasteiger partial charge in [-0.25, -0.2) is 5.09 Å². The number of fused-ring (bicyclic) bond motifs is 1. The molecule has 0 amide bonds. The molecular weight excluding hydrogens is 327 g/mol. The van der Waals surface area contributed by atoms with Gasteiger partial charge in [0.1, 0.15) is 6.04 Å². The molecule has 7 heteroatoms. The maximum absolute atomic E-state index is 12.6. The summed E-state index contributed by atoms with van der Waals surface area (Å²) in [4.78, 5) is 24.9. The molecule has 0 saturated heterocycles. The summed E-state index contributed by atoms with van der Waals surface area (Å²) >= 11 is 0. The molecule has 2 unspecified atom stereocenters. The molecule has 3 rings (SSSR count).